The van der Waals surface area contributed by atoms with Crippen molar-refractivity contribution in [1.82, 2.24) is 0 Å². The van der Waals surface area contributed by atoms with Gasteiger partial charge in [-0.3, -0.25) is 9.59 Å². The van der Waals surface area contributed by atoms with E-state index in [0.29, 0.717) is 37.5 Å². The molecule has 0 bridgehead atoms. The smallest absolute Gasteiger partial charge is 0.317 e. The summed E-state index contributed by atoms with van der Waals surface area (Å²) in [6, 6.07) is 0. The SMILES string of the molecule is CC(C)=CC(O)C[C@@H](C)[C@H]1CC[C@@]2(C)[C@@H]3[C@@H](O)C=C4[C@@H](CC[C@H](OC(=O)CC(=O)O)C4(C)C)[C@]3(C=O)CC[C@]12C. The van der Waals surface area contributed by atoms with Gasteiger partial charge in [0.25, 0.3) is 0 Å². The molecule has 0 radical (unpaired) electrons. The molecule has 0 aromatic heterocycles. The highest BCUT2D eigenvalue weighted by Gasteiger charge is 2.70. The van der Waals surface area contributed by atoms with Gasteiger partial charge >= 0.3 is 11.9 Å². The lowest BCUT2D eigenvalue weighted by Gasteiger charge is -2.66. The molecular formula is C33H50O7. The van der Waals surface area contributed by atoms with E-state index in [1.54, 1.807) is 0 Å². The van der Waals surface area contributed by atoms with Gasteiger partial charge in [0, 0.05) is 16.7 Å². The Morgan fingerprint density at radius 2 is 1.75 bits per heavy atom. The van der Waals surface area contributed by atoms with E-state index in [4.69, 9.17) is 9.84 Å². The van der Waals surface area contributed by atoms with Crippen LogP contribution in [0.5, 0.6) is 0 Å². The molecule has 4 rings (SSSR count). The zero-order chi connectivity index (χ0) is 29.8. The van der Waals surface area contributed by atoms with Gasteiger partial charge in [-0.15, -0.1) is 0 Å². The molecule has 0 aromatic rings. The average molecular weight is 559 g/mol. The van der Waals surface area contributed by atoms with Gasteiger partial charge in [-0.25, -0.2) is 0 Å². The lowest BCUT2D eigenvalue weighted by atomic mass is 9.38. The largest absolute Gasteiger partial charge is 0.481 e. The molecule has 10 atom stereocenters. The Bertz CT molecular complexity index is 1090. The van der Waals surface area contributed by atoms with Crippen molar-refractivity contribution < 1.29 is 34.4 Å². The molecule has 224 valence electrons. The van der Waals surface area contributed by atoms with E-state index >= 15 is 0 Å². The summed E-state index contributed by atoms with van der Waals surface area (Å²) in [5, 5.41) is 31.6. The molecular weight excluding hydrogens is 508 g/mol. The highest BCUT2D eigenvalue weighted by Crippen LogP contribution is 2.74. The number of hydrogen-bond donors (Lipinski definition) is 3. The molecule has 0 saturated heterocycles. The van der Waals surface area contributed by atoms with Crippen molar-refractivity contribution >= 4 is 18.2 Å². The van der Waals surface area contributed by atoms with Crippen LogP contribution >= 0.6 is 0 Å². The molecule has 40 heavy (non-hydrogen) atoms. The topological polar surface area (TPSA) is 121 Å². The first-order valence-corrected chi connectivity index (χ1v) is 15.1. The van der Waals surface area contributed by atoms with Gasteiger partial charge in [0.15, 0.2) is 0 Å². The molecule has 0 aliphatic heterocycles. The van der Waals surface area contributed by atoms with E-state index in [0.717, 1.165) is 36.7 Å². The summed E-state index contributed by atoms with van der Waals surface area (Å²) in [6.07, 6.45) is 8.00. The van der Waals surface area contributed by atoms with E-state index in [2.05, 4.69) is 20.8 Å². The number of allylic oxidation sites excluding steroid dienone is 1. The second-order valence-corrected chi connectivity index (χ2v) is 14.7. The normalized spacial score (nSPS) is 41.3. The van der Waals surface area contributed by atoms with Crippen molar-refractivity contribution in [3.8, 4) is 0 Å². The van der Waals surface area contributed by atoms with Gasteiger partial charge in [-0.1, -0.05) is 57.9 Å². The highest BCUT2D eigenvalue weighted by atomic mass is 16.5. The molecule has 3 N–H and O–H groups in total. The summed E-state index contributed by atoms with van der Waals surface area (Å²) in [5.41, 5.74) is 0.419. The number of aliphatic hydroxyl groups excluding tert-OH is 2. The van der Waals surface area contributed by atoms with E-state index in [1.807, 2.05) is 39.8 Å². The zero-order valence-corrected chi connectivity index (χ0v) is 25.4. The predicted molar refractivity (Wildman–Crippen MR) is 152 cm³/mol. The number of aldehydes is 1. The molecule has 1 unspecified atom stereocenters. The van der Waals surface area contributed by atoms with Crippen LogP contribution in [0.1, 0.15) is 99.8 Å². The first-order valence-electron chi connectivity index (χ1n) is 15.1. The fraction of sp³-hybridized carbons (Fsp3) is 0.788. The second kappa shape index (κ2) is 10.7. The van der Waals surface area contributed by atoms with Crippen LogP contribution in [0.4, 0.5) is 0 Å². The second-order valence-electron chi connectivity index (χ2n) is 14.7. The number of carbonyl (C=O) groups is 3. The average Bonchev–Trinajstić information content (AvgIpc) is 3.11. The Morgan fingerprint density at radius 1 is 1.07 bits per heavy atom. The summed E-state index contributed by atoms with van der Waals surface area (Å²) in [7, 11) is 0. The van der Waals surface area contributed by atoms with Crippen molar-refractivity contribution in [2.75, 3.05) is 0 Å². The standard InChI is InChI=1S/C33H50O7/c1-19(2)14-21(35)15-20(3)22-10-11-32(7)29-25(36)16-24-23(33(29,18-34)13-12-31(22,32)6)8-9-26(30(24,4)5)40-28(39)17-27(37)38/h14,16,18,20-23,25-26,29,35-36H,8-13,15,17H2,1-7H3,(H,37,38)/t20-,21?,22-,23-,25+,26+,29+,31-,32+,33-/m1/s1. The van der Waals surface area contributed by atoms with Crippen molar-refractivity contribution in [1.29, 1.82) is 0 Å². The fourth-order valence-electron chi connectivity index (χ4n) is 10.1. The lowest BCUT2D eigenvalue weighted by Crippen LogP contribution is -2.64. The van der Waals surface area contributed by atoms with Crippen LogP contribution in [0.3, 0.4) is 0 Å². The Morgan fingerprint density at radius 3 is 2.35 bits per heavy atom. The van der Waals surface area contributed by atoms with Crippen molar-refractivity contribution in [2.45, 2.75) is 118 Å². The molecule has 4 aliphatic rings. The minimum atomic E-state index is -1.22. The summed E-state index contributed by atoms with van der Waals surface area (Å²) in [4.78, 5) is 36.6. The summed E-state index contributed by atoms with van der Waals surface area (Å²) in [6.45, 7) is 14.9. The molecule has 3 saturated carbocycles. The number of aliphatic carboxylic acids is 1. The number of fused-ring (bicyclic) bond motifs is 5. The van der Waals surface area contributed by atoms with E-state index in [1.165, 1.54) is 0 Å². The van der Waals surface area contributed by atoms with E-state index in [-0.39, 0.29) is 22.7 Å². The van der Waals surface area contributed by atoms with Gasteiger partial charge in [0.05, 0.1) is 12.2 Å². The molecule has 0 aromatic carbocycles. The number of carboxylic acid groups (broad SMARTS) is 1. The zero-order valence-electron chi connectivity index (χ0n) is 25.4. The maximum Gasteiger partial charge on any atom is 0.317 e. The molecule has 7 heteroatoms. The number of aliphatic hydroxyl groups is 2. The lowest BCUT2D eigenvalue weighted by molar-refractivity contribution is -0.186. The van der Waals surface area contributed by atoms with Crippen LogP contribution in [-0.2, 0) is 19.1 Å². The quantitative estimate of drug-likeness (QED) is 0.156. The third-order valence-electron chi connectivity index (χ3n) is 12.0. The third kappa shape index (κ3) is 4.79. The van der Waals surface area contributed by atoms with Crippen LogP contribution in [0.2, 0.25) is 0 Å². The summed E-state index contributed by atoms with van der Waals surface area (Å²) < 4.78 is 5.65. The summed E-state index contributed by atoms with van der Waals surface area (Å²) in [5.74, 6) is -1.55. The number of carbonyl (C=O) groups excluding carboxylic acids is 2. The van der Waals surface area contributed by atoms with E-state index < -0.39 is 47.5 Å². The Balaban J connectivity index is 1.67. The first kappa shape index (κ1) is 31.0. The van der Waals surface area contributed by atoms with Gasteiger partial charge in [0.1, 0.15) is 18.8 Å². The molecule has 3 fully saturated rings. The molecule has 4 aliphatic carbocycles. The number of carboxylic acids is 1. The van der Waals surface area contributed by atoms with Crippen LogP contribution in [-0.4, -0.2) is 51.9 Å². The van der Waals surface area contributed by atoms with E-state index in [9.17, 15) is 24.6 Å². The minimum Gasteiger partial charge on any atom is -0.481 e. The molecule has 0 amide bonds. The number of ether oxygens (including phenoxy) is 1. The fourth-order valence-corrected chi connectivity index (χ4v) is 10.1. The maximum atomic E-state index is 13.3. The van der Waals surface area contributed by atoms with Gasteiger partial charge in [-0.05, 0) is 87.4 Å². The third-order valence-corrected chi connectivity index (χ3v) is 12.0. The van der Waals surface area contributed by atoms with Gasteiger partial charge < -0.3 is 24.9 Å². The van der Waals surface area contributed by atoms with Gasteiger partial charge in [-0.2, -0.15) is 0 Å². The van der Waals surface area contributed by atoms with Crippen LogP contribution < -0.4 is 0 Å². The Labute approximate surface area is 239 Å². The molecule has 0 spiro atoms. The predicted octanol–water partition coefficient (Wildman–Crippen LogP) is 5.48. The Kier molecular flexibility index (Phi) is 8.27. The van der Waals surface area contributed by atoms with Crippen LogP contribution in [0, 0.1) is 45.3 Å². The number of esters is 1. The van der Waals surface area contributed by atoms with Crippen LogP contribution in [0.15, 0.2) is 23.3 Å². The number of hydrogen-bond acceptors (Lipinski definition) is 6. The first-order chi connectivity index (χ1) is 18.5. The Hall–Kier alpha value is -1.99. The molecule has 0 heterocycles. The van der Waals surface area contributed by atoms with Crippen LogP contribution in [0.25, 0.3) is 0 Å². The maximum absolute atomic E-state index is 13.3. The van der Waals surface area contributed by atoms with Crippen molar-refractivity contribution in [3.05, 3.63) is 23.3 Å². The van der Waals surface area contributed by atoms with Gasteiger partial charge in [0.2, 0.25) is 0 Å². The summed E-state index contributed by atoms with van der Waals surface area (Å²) >= 11 is 0. The minimum absolute atomic E-state index is 0.0554. The number of rotatable bonds is 8. The van der Waals surface area contributed by atoms with Crippen molar-refractivity contribution in [3.63, 3.8) is 0 Å². The highest BCUT2D eigenvalue weighted by molar-refractivity contribution is 5.90. The monoisotopic (exact) mass is 558 g/mol. The van der Waals surface area contributed by atoms with Crippen molar-refractivity contribution in [2.24, 2.45) is 45.3 Å². The molecule has 7 nitrogen and oxygen atoms in total.